The van der Waals surface area contributed by atoms with E-state index in [1.54, 1.807) is 12.3 Å². The first kappa shape index (κ1) is 11.7. The van der Waals surface area contributed by atoms with Gasteiger partial charge in [0.1, 0.15) is 11.5 Å². The summed E-state index contributed by atoms with van der Waals surface area (Å²) in [5.41, 5.74) is 0.679. The lowest BCUT2D eigenvalue weighted by Crippen LogP contribution is -2.15. The van der Waals surface area contributed by atoms with E-state index in [-0.39, 0.29) is 6.04 Å². The van der Waals surface area contributed by atoms with Crippen LogP contribution in [0.5, 0.6) is 0 Å². The highest BCUT2D eigenvalue weighted by Crippen LogP contribution is 2.18. The Morgan fingerprint density at radius 2 is 2.24 bits per heavy atom. The van der Waals surface area contributed by atoms with Gasteiger partial charge in [0.25, 0.3) is 0 Å². The van der Waals surface area contributed by atoms with Crippen LogP contribution in [0.1, 0.15) is 31.1 Å². The van der Waals surface area contributed by atoms with Gasteiger partial charge in [0.05, 0.1) is 6.04 Å². The first-order valence-electron chi connectivity index (χ1n) is 5.55. The molecule has 0 saturated carbocycles. The van der Waals surface area contributed by atoms with Crippen molar-refractivity contribution in [1.82, 2.24) is 25.4 Å². The number of nitrogens with zero attached hydrogens (tertiary/aromatic N) is 4. The number of aryl methyl sites for hydroxylation is 1. The maximum Gasteiger partial charge on any atom is 0.244 e. The van der Waals surface area contributed by atoms with Gasteiger partial charge in [0.2, 0.25) is 11.7 Å². The minimum atomic E-state index is 0.0826. The van der Waals surface area contributed by atoms with Crippen molar-refractivity contribution in [2.45, 2.75) is 26.3 Å². The number of aromatic nitrogens is 4. The monoisotopic (exact) mass is 233 g/mol. The molecule has 0 fully saturated rings. The van der Waals surface area contributed by atoms with Crippen molar-refractivity contribution < 1.29 is 4.52 Å². The fourth-order valence-electron chi connectivity index (χ4n) is 1.56. The summed E-state index contributed by atoms with van der Waals surface area (Å²) < 4.78 is 5.22. The Morgan fingerprint density at radius 1 is 1.41 bits per heavy atom. The minimum Gasteiger partial charge on any atom is -0.337 e. The molecule has 0 radical (unpaired) electrons. The van der Waals surface area contributed by atoms with Crippen LogP contribution in [-0.2, 0) is 0 Å². The van der Waals surface area contributed by atoms with Gasteiger partial charge in [-0.25, -0.2) is 9.97 Å². The van der Waals surface area contributed by atoms with E-state index in [1.165, 1.54) is 0 Å². The van der Waals surface area contributed by atoms with E-state index in [2.05, 4.69) is 32.3 Å². The molecule has 6 heteroatoms. The molecular weight excluding hydrogens is 218 g/mol. The molecule has 6 nitrogen and oxygen atoms in total. The molecule has 1 N–H and O–H groups in total. The molecule has 0 saturated heterocycles. The predicted octanol–water partition coefficient (Wildman–Crippen LogP) is 1.51. The van der Waals surface area contributed by atoms with E-state index >= 15 is 0 Å². The fourth-order valence-corrected chi connectivity index (χ4v) is 1.56. The highest BCUT2D eigenvalue weighted by molar-refractivity contribution is 5.47. The quantitative estimate of drug-likeness (QED) is 0.862. The summed E-state index contributed by atoms with van der Waals surface area (Å²) in [6.07, 6.45) is 2.57. The summed E-state index contributed by atoms with van der Waals surface area (Å²) in [5.74, 6) is 1.77. The lowest BCUT2D eigenvalue weighted by molar-refractivity contribution is 0.334. The Labute approximate surface area is 99.5 Å². The third kappa shape index (κ3) is 2.47. The average Bonchev–Trinajstić information content (AvgIpc) is 2.80. The topological polar surface area (TPSA) is 76.7 Å². The van der Waals surface area contributed by atoms with Crippen LogP contribution in [-0.4, -0.2) is 27.2 Å². The van der Waals surface area contributed by atoms with E-state index in [4.69, 9.17) is 4.52 Å². The zero-order chi connectivity index (χ0) is 12.3. The van der Waals surface area contributed by atoms with Crippen LogP contribution in [0.15, 0.2) is 16.8 Å². The second-order valence-corrected chi connectivity index (χ2v) is 3.69. The molecule has 90 valence electrons. The van der Waals surface area contributed by atoms with Crippen LogP contribution < -0.4 is 5.32 Å². The van der Waals surface area contributed by atoms with Crippen LogP contribution in [0.3, 0.4) is 0 Å². The first-order chi connectivity index (χ1) is 8.24. The zero-order valence-corrected chi connectivity index (χ0v) is 10.1. The van der Waals surface area contributed by atoms with Gasteiger partial charge in [-0.15, -0.1) is 0 Å². The molecular formula is C11H15N5O. The predicted molar refractivity (Wildman–Crippen MR) is 62.2 cm³/mol. The molecule has 0 bridgehead atoms. The molecule has 1 atom stereocenters. The second-order valence-electron chi connectivity index (χ2n) is 3.69. The smallest absolute Gasteiger partial charge is 0.244 e. The van der Waals surface area contributed by atoms with Crippen molar-refractivity contribution in [2.75, 3.05) is 7.05 Å². The van der Waals surface area contributed by atoms with Gasteiger partial charge >= 0.3 is 0 Å². The molecule has 2 heterocycles. The number of rotatable bonds is 4. The highest BCUT2D eigenvalue weighted by atomic mass is 16.5. The lowest BCUT2D eigenvalue weighted by Gasteiger charge is -2.06. The Bertz CT molecular complexity index is 492. The SMILES string of the molecule is CCC(NC)c1nc(-c2ccnc(C)n2)no1. The standard InChI is InChI=1S/C11H15N5O/c1-4-8(12-3)11-15-10(16-17-11)9-5-6-13-7(2)14-9/h5-6,8,12H,4H2,1-3H3. The Kier molecular flexibility index (Phi) is 3.43. The molecule has 0 aliphatic carbocycles. The van der Waals surface area contributed by atoms with E-state index in [1.807, 2.05) is 14.0 Å². The van der Waals surface area contributed by atoms with Crippen molar-refractivity contribution in [3.63, 3.8) is 0 Å². The molecule has 0 spiro atoms. The van der Waals surface area contributed by atoms with E-state index in [9.17, 15) is 0 Å². The third-order valence-electron chi connectivity index (χ3n) is 2.50. The Morgan fingerprint density at radius 3 is 2.88 bits per heavy atom. The molecule has 0 amide bonds. The van der Waals surface area contributed by atoms with Gasteiger partial charge in [-0.2, -0.15) is 4.98 Å². The maximum atomic E-state index is 5.22. The van der Waals surface area contributed by atoms with E-state index in [0.29, 0.717) is 23.2 Å². The molecule has 2 aromatic heterocycles. The van der Waals surface area contributed by atoms with E-state index < -0.39 is 0 Å². The summed E-state index contributed by atoms with van der Waals surface area (Å²) in [5, 5.41) is 7.04. The number of hydrogen-bond acceptors (Lipinski definition) is 6. The van der Waals surface area contributed by atoms with Crippen molar-refractivity contribution >= 4 is 0 Å². The largest absolute Gasteiger partial charge is 0.337 e. The molecule has 0 aliphatic heterocycles. The van der Waals surface area contributed by atoms with Crippen LogP contribution in [0.25, 0.3) is 11.5 Å². The number of hydrogen-bond donors (Lipinski definition) is 1. The summed E-state index contributed by atoms with van der Waals surface area (Å²) in [7, 11) is 1.87. The number of nitrogens with one attached hydrogen (secondary N) is 1. The van der Waals surface area contributed by atoms with Gasteiger partial charge in [-0.3, -0.25) is 0 Å². The van der Waals surface area contributed by atoms with Gasteiger partial charge in [-0.05, 0) is 26.5 Å². The summed E-state index contributed by atoms with van der Waals surface area (Å²) in [6.45, 7) is 3.88. The van der Waals surface area contributed by atoms with Gasteiger partial charge < -0.3 is 9.84 Å². The Hall–Kier alpha value is -1.82. The minimum absolute atomic E-state index is 0.0826. The molecule has 1 unspecified atom stereocenters. The van der Waals surface area contributed by atoms with Gasteiger partial charge in [0, 0.05) is 6.20 Å². The molecule has 2 aromatic rings. The van der Waals surface area contributed by atoms with E-state index in [0.717, 1.165) is 6.42 Å². The van der Waals surface area contributed by atoms with Crippen LogP contribution >= 0.6 is 0 Å². The zero-order valence-electron chi connectivity index (χ0n) is 10.1. The second kappa shape index (κ2) is 5.01. The van der Waals surface area contributed by atoms with Crippen molar-refractivity contribution in [3.05, 3.63) is 24.0 Å². The summed E-state index contributed by atoms with van der Waals surface area (Å²) in [4.78, 5) is 12.6. The van der Waals surface area contributed by atoms with Gasteiger partial charge in [0.15, 0.2) is 0 Å². The average molecular weight is 233 g/mol. The summed E-state index contributed by atoms with van der Waals surface area (Å²) in [6, 6.07) is 1.85. The summed E-state index contributed by atoms with van der Waals surface area (Å²) >= 11 is 0. The van der Waals surface area contributed by atoms with Gasteiger partial charge in [-0.1, -0.05) is 12.1 Å². The van der Waals surface area contributed by atoms with Crippen molar-refractivity contribution in [2.24, 2.45) is 0 Å². The molecule has 2 rings (SSSR count). The molecule has 0 aliphatic rings. The molecule has 17 heavy (non-hydrogen) atoms. The first-order valence-corrected chi connectivity index (χ1v) is 5.55. The highest BCUT2D eigenvalue weighted by Gasteiger charge is 2.16. The normalized spacial score (nSPS) is 12.6. The molecule has 0 aromatic carbocycles. The third-order valence-corrected chi connectivity index (χ3v) is 2.50. The van der Waals surface area contributed by atoms with Crippen LogP contribution in [0.2, 0.25) is 0 Å². The van der Waals surface area contributed by atoms with Crippen LogP contribution in [0, 0.1) is 6.92 Å². The fraction of sp³-hybridized carbons (Fsp3) is 0.455. The Balaban J connectivity index is 2.29. The van der Waals surface area contributed by atoms with Crippen molar-refractivity contribution in [3.8, 4) is 11.5 Å². The lowest BCUT2D eigenvalue weighted by atomic mass is 10.2. The maximum absolute atomic E-state index is 5.22. The van der Waals surface area contributed by atoms with Crippen molar-refractivity contribution in [1.29, 1.82) is 0 Å². The van der Waals surface area contributed by atoms with Crippen LogP contribution in [0.4, 0.5) is 0 Å².